The smallest absolute Gasteiger partial charge is 0.407 e. The van der Waals surface area contributed by atoms with Crippen molar-refractivity contribution >= 4 is 17.9 Å². The summed E-state index contributed by atoms with van der Waals surface area (Å²) in [6.45, 7) is 10.6. The van der Waals surface area contributed by atoms with Gasteiger partial charge in [0.1, 0.15) is 5.60 Å². The van der Waals surface area contributed by atoms with Gasteiger partial charge in [-0.15, -0.1) is 0 Å². The van der Waals surface area contributed by atoms with Gasteiger partial charge in [0.25, 0.3) is 11.8 Å². The lowest BCUT2D eigenvalue weighted by Gasteiger charge is -2.34. The molecular weight excluding hydrogens is 592 g/mol. The molecule has 0 saturated heterocycles. The molecule has 0 unspecified atom stereocenters. The summed E-state index contributed by atoms with van der Waals surface area (Å²) >= 11 is 0. The largest absolute Gasteiger partial charge is 1.00 e. The highest BCUT2D eigenvalue weighted by molar-refractivity contribution is 6.21. The zero-order valence-electron chi connectivity index (χ0n) is 22.9. The molecule has 0 spiro atoms. The lowest BCUT2D eigenvalue weighted by Crippen LogP contribution is -3.00. The predicted molar refractivity (Wildman–Crippen MR) is 134 cm³/mol. The molecule has 0 radical (unpaired) electrons. The van der Waals surface area contributed by atoms with Crippen LogP contribution in [0.2, 0.25) is 0 Å². The lowest BCUT2D eigenvalue weighted by molar-refractivity contribution is -0.909. The number of nitrogens with zero attached hydrogens (tertiary/aromatic N) is 3. The molecule has 206 valence electrons. The summed E-state index contributed by atoms with van der Waals surface area (Å²) in [5.41, 5.74) is 0.555. The minimum absolute atomic E-state index is 0. The highest BCUT2D eigenvalue weighted by Gasteiger charge is 2.35. The van der Waals surface area contributed by atoms with Crippen molar-refractivity contribution in [2.45, 2.75) is 45.6 Å². The van der Waals surface area contributed by atoms with E-state index < -0.39 is 5.60 Å². The van der Waals surface area contributed by atoms with Crippen molar-refractivity contribution < 1.29 is 62.0 Å². The van der Waals surface area contributed by atoms with E-state index in [1.807, 2.05) is 20.8 Å². The monoisotopic (exact) mass is 634 g/mol. The van der Waals surface area contributed by atoms with Gasteiger partial charge in [0.05, 0.1) is 65.5 Å². The zero-order valence-corrected chi connectivity index (χ0v) is 26.1. The molecule has 1 aromatic carbocycles. The van der Waals surface area contributed by atoms with Crippen molar-refractivity contribution in [1.82, 2.24) is 10.2 Å². The van der Waals surface area contributed by atoms with Crippen LogP contribution in [0.4, 0.5) is 4.79 Å². The molecule has 0 atom stereocenters. The Morgan fingerprint density at radius 1 is 0.833 bits per heavy atom. The minimum Gasteiger partial charge on any atom is -1.00 e. The molecule has 1 N–H and O–H groups in total. The summed E-state index contributed by atoms with van der Waals surface area (Å²) in [5.74, 6) is -0.350. The number of ether oxygens (including phenoxy) is 1. The third-order valence-electron chi connectivity index (χ3n) is 6.16. The number of amides is 3. The molecule has 1 aromatic rings. The molecule has 1 aliphatic heterocycles. The van der Waals surface area contributed by atoms with E-state index >= 15 is 0 Å². The van der Waals surface area contributed by atoms with Gasteiger partial charge in [-0.05, 0) is 32.9 Å². The fourth-order valence-electron chi connectivity index (χ4n) is 4.26. The number of rotatable bonds is 12. The first-order valence-electron chi connectivity index (χ1n) is 12.3. The van der Waals surface area contributed by atoms with E-state index in [0.717, 1.165) is 54.4 Å². The molecule has 8 nitrogen and oxygen atoms in total. The number of carbonyl (C=O) groups is 3. The van der Waals surface area contributed by atoms with Crippen molar-refractivity contribution in [2.24, 2.45) is 0 Å². The second kappa shape index (κ2) is 14.4. The molecule has 3 amide bonds. The first-order valence-corrected chi connectivity index (χ1v) is 12.3. The number of imide groups is 1. The zero-order chi connectivity index (χ0) is 25.6. The molecule has 1 heterocycles. The summed E-state index contributed by atoms with van der Waals surface area (Å²) in [5, 5.41) is 2.82. The van der Waals surface area contributed by atoms with Crippen LogP contribution in [0.5, 0.6) is 0 Å². The Hall–Kier alpha value is -1.49. The Morgan fingerprint density at radius 3 is 1.75 bits per heavy atom. The summed E-state index contributed by atoms with van der Waals surface area (Å²) in [6, 6.07) is 7.04. The second-order valence-electron chi connectivity index (χ2n) is 11.6. The number of nitrogens with one attached hydrogen (secondary N) is 1. The maximum atomic E-state index is 12.5. The molecule has 0 aromatic heterocycles. The van der Waals surface area contributed by atoms with Gasteiger partial charge in [0, 0.05) is 32.4 Å². The van der Waals surface area contributed by atoms with E-state index in [0.29, 0.717) is 24.2 Å². The quantitative estimate of drug-likeness (QED) is 0.152. The van der Waals surface area contributed by atoms with Crippen LogP contribution in [0.15, 0.2) is 24.3 Å². The SMILES string of the molecule is CC(C)(C)OC(=O)NCCC[N+](C)(C)CCC[N+](C)(C)CCCN1C(=O)c2ccccc2C1=O.[Br-].[Br-]. The first kappa shape index (κ1) is 34.5. The van der Waals surface area contributed by atoms with E-state index in [9.17, 15) is 14.4 Å². The van der Waals surface area contributed by atoms with Crippen LogP contribution in [-0.2, 0) is 4.74 Å². The van der Waals surface area contributed by atoms with Gasteiger partial charge in [-0.25, -0.2) is 4.79 Å². The summed E-state index contributed by atoms with van der Waals surface area (Å²) in [6.07, 6.45) is 2.39. The van der Waals surface area contributed by atoms with Crippen LogP contribution in [0.25, 0.3) is 0 Å². The van der Waals surface area contributed by atoms with Gasteiger partial charge in [-0.2, -0.15) is 0 Å². The van der Waals surface area contributed by atoms with E-state index in [1.165, 1.54) is 4.90 Å². The Kier molecular flexibility index (Phi) is 13.9. The van der Waals surface area contributed by atoms with E-state index in [1.54, 1.807) is 24.3 Å². The van der Waals surface area contributed by atoms with Gasteiger partial charge in [0.2, 0.25) is 0 Å². The number of halogens is 2. The summed E-state index contributed by atoms with van der Waals surface area (Å²) in [7, 11) is 8.84. The Balaban J connectivity index is 0.00000612. The number of carbonyl (C=O) groups excluding carboxylic acids is 3. The van der Waals surface area contributed by atoms with Gasteiger partial charge < -0.3 is 53.0 Å². The fourth-order valence-corrected chi connectivity index (χ4v) is 4.26. The lowest BCUT2D eigenvalue weighted by atomic mass is 10.1. The molecule has 2 rings (SSSR count). The average Bonchev–Trinajstić information content (AvgIpc) is 2.95. The number of alkyl carbamates (subject to hydrolysis) is 1. The normalized spacial score (nSPS) is 13.6. The molecule has 0 bridgehead atoms. The Bertz CT molecular complexity index is 850. The number of hydrogen-bond acceptors (Lipinski definition) is 4. The average molecular weight is 636 g/mol. The van der Waals surface area contributed by atoms with Crippen molar-refractivity contribution in [1.29, 1.82) is 0 Å². The molecule has 10 heteroatoms. The van der Waals surface area contributed by atoms with Crippen molar-refractivity contribution in [3.05, 3.63) is 35.4 Å². The Morgan fingerprint density at radius 2 is 1.28 bits per heavy atom. The molecule has 36 heavy (non-hydrogen) atoms. The van der Waals surface area contributed by atoms with Gasteiger partial charge in [0.15, 0.2) is 0 Å². The third kappa shape index (κ3) is 11.3. The van der Waals surface area contributed by atoms with Crippen molar-refractivity contribution in [3.8, 4) is 0 Å². The highest BCUT2D eigenvalue weighted by atomic mass is 79.9. The number of quaternary nitrogens is 2. The summed E-state index contributed by atoms with van der Waals surface area (Å²) < 4.78 is 7.01. The first-order chi connectivity index (χ1) is 15.7. The standard InChI is InChI=1S/C26H43N4O4.2BrH/c1-26(2,3)34-25(33)27-15-10-17-29(4,5)19-12-20-30(6,7)18-11-16-28-23(31)21-13-8-9-14-22(21)24(28)32;;/h8-9,13-14H,10-12,15-20H2,1-7H3;2*1H/q+1;;/p-1. The highest BCUT2D eigenvalue weighted by Crippen LogP contribution is 2.22. The van der Waals surface area contributed by atoms with Gasteiger partial charge in [-0.1, -0.05) is 12.1 Å². The van der Waals surface area contributed by atoms with Crippen molar-refractivity contribution in [2.75, 3.05) is 67.5 Å². The predicted octanol–water partition coefficient (Wildman–Crippen LogP) is -2.86. The molecule has 1 aliphatic rings. The minimum atomic E-state index is -0.477. The van der Waals surface area contributed by atoms with Gasteiger partial charge in [-0.3, -0.25) is 14.5 Å². The van der Waals surface area contributed by atoms with Crippen molar-refractivity contribution in [3.63, 3.8) is 0 Å². The molecule has 0 aliphatic carbocycles. The summed E-state index contributed by atoms with van der Waals surface area (Å²) in [4.78, 5) is 38.2. The van der Waals surface area contributed by atoms with Gasteiger partial charge >= 0.3 is 6.09 Å². The third-order valence-corrected chi connectivity index (χ3v) is 6.16. The fraction of sp³-hybridized carbons (Fsp3) is 0.654. The number of benzene rings is 1. The topological polar surface area (TPSA) is 75.7 Å². The second-order valence-corrected chi connectivity index (χ2v) is 11.6. The maximum absolute atomic E-state index is 12.5. The van der Waals surface area contributed by atoms with Crippen LogP contribution in [-0.4, -0.2) is 105 Å². The van der Waals surface area contributed by atoms with Crippen LogP contribution >= 0.6 is 0 Å². The van der Waals surface area contributed by atoms with Crippen LogP contribution in [0.3, 0.4) is 0 Å². The van der Waals surface area contributed by atoms with Crippen LogP contribution in [0.1, 0.15) is 60.7 Å². The maximum Gasteiger partial charge on any atom is 0.407 e. The molecular formula is C26H44Br2N4O4. The molecule has 0 fully saturated rings. The van der Waals surface area contributed by atoms with E-state index in [4.69, 9.17) is 4.74 Å². The van der Waals surface area contributed by atoms with E-state index in [2.05, 4.69) is 33.5 Å². The number of fused-ring (bicyclic) bond motifs is 1. The van der Waals surface area contributed by atoms with E-state index in [-0.39, 0.29) is 51.9 Å². The van der Waals surface area contributed by atoms with Crippen LogP contribution in [0, 0.1) is 0 Å². The molecule has 0 saturated carbocycles. The number of hydrogen-bond donors (Lipinski definition) is 1. The van der Waals surface area contributed by atoms with Crippen LogP contribution < -0.4 is 39.3 Å². The Labute approximate surface area is 238 Å².